The van der Waals surface area contributed by atoms with Crippen LogP contribution in [-0.2, 0) is 5.41 Å². The summed E-state index contributed by atoms with van der Waals surface area (Å²) in [5.74, 6) is 0. The number of benzene rings is 3. The van der Waals surface area contributed by atoms with Crippen LogP contribution in [0, 0.1) is 0 Å². The SMILES string of the molecule is CC(C)(C)c1ccc(-c2cc(-c3ccccc3Cl)c3cc(Cl)ccc3n2)cc1.Cl. The Bertz CT molecular complexity index is 1160. The highest BCUT2D eigenvalue weighted by Gasteiger charge is 2.15. The molecular formula is C25H22Cl3N. The van der Waals surface area contributed by atoms with E-state index in [-0.39, 0.29) is 17.8 Å². The zero-order valence-electron chi connectivity index (χ0n) is 16.5. The number of hydrogen-bond donors (Lipinski definition) is 0. The second-order valence-electron chi connectivity index (χ2n) is 8.02. The summed E-state index contributed by atoms with van der Waals surface area (Å²) in [6.45, 7) is 6.65. The maximum absolute atomic E-state index is 6.51. The fraction of sp³-hybridized carbons (Fsp3) is 0.160. The summed E-state index contributed by atoms with van der Waals surface area (Å²) in [6.07, 6.45) is 0. The Balaban J connectivity index is 0.00000240. The maximum atomic E-state index is 6.51. The van der Waals surface area contributed by atoms with Crippen molar-refractivity contribution < 1.29 is 0 Å². The van der Waals surface area contributed by atoms with Crippen LogP contribution >= 0.6 is 35.6 Å². The van der Waals surface area contributed by atoms with Gasteiger partial charge in [0, 0.05) is 26.6 Å². The first-order chi connectivity index (χ1) is 13.3. The molecule has 3 aromatic carbocycles. The number of fused-ring (bicyclic) bond motifs is 1. The van der Waals surface area contributed by atoms with Crippen LogP contribution in [0.15, 0.2) is 72.8 Å². The van der Waals surface area contributed by atoms with Crippen molar-refractivity contribution in [3.8, 4) is 22.4 Å². The smallest absolute Gasteiger partial charge is 0.0716 e. The summed E-state index contributed by atoms with van der Waals surface area (Å²) >= 11 is 12.8. The highest BCUT2D eigenvalue weighted by Crippen LogP contribution is 2.37. The van der Waals surface area contributed by atoms with E-state index in [0.29, 0.717) is 10.0 Å². The van der Waals surface area contributed by atoms with Gasteiger partial charge in [0.1, 0.15) is 0 Å². The van der Waals surface area contributed by atoms with Gasteiger partial charge in [-0.2, -0.15) is 0 Å². The molecule has 0 atom stereocenters. The van der Waals surface area contributed by atoms with Crippen molar-refractivity contribution >= 4 is 46.5 Å². The third-order valence-electron chi connectivity index (χ3n) is 4.98. The van der Waals surface area contributed by atoms with E-state index in [0.717, 1.165) is 33.3 Å². The third-order valence-corrected chi connectivity index (χ3v) is 5.55. The summed E-state index contributed by atoms with van der Waals surface area (Å²) in [7, 11) is 0. The summed E-state index contributed by atoms with van der Waals surface area (Å²) in [5.41, 5.74) is 6.34. The van der Waals surface area contributed by atoms with Crippen LogP contribution in [0.1, 0.15) is 26.3 Å². The second-order valence-corrected chi connectivity index (χ2v) is 8.87. The molecule has 148 valence electrons. The van der Waals surface area contributed by atoms with Crippen molar-refractivity contribution in [2.75, 3.05) is 0 Å². The van der Waals surface area contributed by atoms with Crippen molar-refractivity contribution in [2.45, 2.75) is 26.2 Å². The van der Waals surface area contributed by atoms with E-state index in [2.05, 4.69) is 51.1 Å². The molecule has 0 aliphatic carbocycles. The van der Waals surface area contributed by atoms with Crippen molar-refractivity contribution in [3.05, 3.63) is 88.4 Å². The van der Waals surface area contributed by atoms with Crippen molar-refractivity contribution in [1.82, 2.24) is 4.98 Å². The average Bonchev–Trinajstić information content (AvgIpc) is 2.67. The first kappa shape index (κ1) is 21.6. The minimum atomic E-state index is 0. The van der Waals surface area contributed by atoms with Gasteiger partial charge in [0.25, 0.3) is 0 Å². The van der Waals surface area contributed by atoms with E-state index in [9.17, 15) is 0 Å². The normalized spacial score (nSPS) is 11.3. The molecular weight excluding hydrogens is 421 g/mol. The van der Waals surface area contributed by atoms with Crippen LogP contribution < -0.4 is 0 Å². The first-order valence-electron chi connectivity index (χ1n) is 9.29. The number of rotatable bonds is 2. The van der Waals surface area contributed by atoms with E-state index in [4.69, 9.17) is 28.2 Å². The predicted octanol–water partition coefficient (Wildman–Crippen LogP) is 8.59. The van der Waals surface area contributed by atoms with Crippen LogP contribution in [0.5, 0.6) is 0 Å². The van der Waals surface area contributed by atoms with Gasteiger partial charge in [-0.3, -0.25) is 0 Å². The summed E-state index contributed by atoms with van der Waals surface area (Å²) in [4.78, 5) is 4.89. The van der Waals surface area contributed by atoms with Crippen LogP contribution in [0.2, 0.25) is 10.0 Å². The standard InChI is InChI=1S/C25H21Cl2N.ClH/c1-25(2,3)17-10-8-16(9-11-17)24-15-20(19-6-4-5-7-22(19)27)21-14-18(26)12-13-23(21)28-24;/h4-15H,1-3H3;1H. The number of hydrogen-bond acceptors (Lipinski definition) is 1. The Morgan fingerprint density at radius 3 is 2.10 bits per heavy atom. The molecule has 1 nitrogen and oxygen atoms in total. The lowest BCUT2D eigenvalue weighted by atomic mass is 9.86. The number of pyridine rings is 1. The van der Waals surface area contributed by atoms with Gasteiger partial charge in [0.2, 0.25) is 0 Å². The predicted molar refractivity (Wildman–Crippen MR) is 129 cm³/mol. The van der Waals surface area contributed by atoms with E-state index in [1.54, 1.807) is 0 Å². The van der Waals surface area contributed by atoms with Gasteiger partial charge in [-0.15, -0.1) is 12.4 Å². The lowest BCUT2D eigenvalue weighted by Crippen LogP contribution is -2.10. The molecule has 0 amide bonds. The molecule has 0 saturated heterocycles. The maximum Gasteiger partial charge on any atom is 0.0716 e. The van der Waals surface area contributed by atoms with Gasteiger partial charge in [-0.25, -0.2) is 4.98 Å². The largest absolute Gasteiger partial charge is 0.248 e. The van der Waals surface area contributed by atoms with E-state index >= 15 is 0 Å². The van der Waals surface area contributed by atoms with Gasteiger partial charge in [0.15, 0.2) is 0 Å². The third kappa shape index (κ3) is 4.43. The van der Waals surface area contributed by atoms with Crippen molar-refractivity contribution in [2.24, 2.45) is 0 Å². The lowest BCUT2D eigenvalue weighted by Gasteiger charge is -2.19. The number of nitrogens with zero attached hydrogens (tertiary/aromatic N) is 1. The Morgan fingerprint density at radius 1 is 0.759 bits per heavy atom. The van der Waals surface area contributed by atoms with Gasteiger partial charge < -0.3 is 0 Å². The van der Waals surface area contributed by atoms with Gasteiger partial charge in [0.05, 0.1) is 11.2 Å². The summed E-state index contributed by atoms with van der Waals surface area (Å²) in [5, 5.41) is 2.39. The fourth-order valence-corrected chi connectivity index (χ4v) is 3.80. The molecule has 0 unspecified atom stereocenters. The summed E-state index contributed by atoms with van der Waals surface area (Å²) < 4.78 is 0. The number of aromatic nitrogens is 1. The molecule has 0 bridgehead atoms. The van der Waals surface area contributed by atoms with Crippen LogP contribution in [0.25, 0.3) is 33.3 Å². The van der Waals surface area contributed by atoms with Crippen molar-refractivity contribution in [1.29, 1.82) is 0 Å². The molecule has 0 spiro atoms. The van der Waals surface area contributed by atoms with E-state index < -0.39 is 0 Å². The quantitative estimate of drug-likeness (QED) is 0.303. The topological polar surface area (TPSA) is 12.9 Å². The van der Waals surface area contributed by atoms with Crippen LogP contribution in [0.4, 0.5) is 0 Å². The lowest BCUT2D eigenvalue weighted by molar-refractivity contribution is 0.590. The monoisotopic (exact) mass is 441 g/mol. The number of halogens is 3. The van der Waals surface area contributed by atoms with Crippen molar-refractivity contribution in [3.63, 3.8) is 0 Å². The van der Waals surface area contributed by atoms with E-state index in [1.165, 1.54) is 5.56 Å². The average molecular weight is 443 g/mol. The summed E-state index contributed by atoms with van der Waals surface area (Å²) in [6, 6.07) is 24.4. The Kier molecular flexibility index (Phi) is 6.24. The van der Waals surface area contributed by atoms with E-state index in [1.807, 2.05) is 42.5 Å². The molecule has 0 N–H and O–H groups in total. The Hall–Kier alpha value is -2.06. The second kappa shape index (κ2) is 8.36. The van der Waals surface area contributed by atoms with Crippen LogP contribution in [0.3, 0.4) is 0 Å². The fourth-order valence-electron chi connectivity index (χ4n) is 3.39. The zero-order valence-corrected chi connectivity index (χ0v) is 18.9. The molecule has 4 aromatic rings. The minimum Gasteiger partial charge on any atom is -0.248 e. The molecule has 4 rings (SSSR count). The molecule has 0 fully saturated rings. The molecule has 1 heterocycles. The van der Waals surface area contributed by atoms with Gasteiger partial charge in [-0.05, 0) is 46.9 Å². The molecule has 1 aromatic heterocycles. The molecule has 29 heavy (non-hydrogen) atoms. The highest BCUT2D eigenvalue weighted by atomic mass is 35.5. The molecule has 0 radical (unpaired) electrons. The van der Waals surface area contributed by atoms with Gasteiger partial charge in [-0.1, -0.05) is 86.4 Å². The minimum absolute atomic E-state index is 0. The van der Waals surface area contributed by atoms with Crippen LogP contribution in [-0.4, -0.2) is 4.98 Å². The Labute approximate surface area is 188 Å². The van der Waals surface area contributed by atoms with Gasteiger partial charge >= 0.3 is 0 Å². The molecule has 0 aliphatic rings. The molecule has 0 aliphatic heterocycles. The first-order valence-corrected chi connectivity index (χ1v) is 10.0. The highest BCUT2D eigenvalue weighted by molar-refractivity contribution is 6.34. The zero-order chi connectivity index (χ0) is 19.9. The molecule has 4 heteroatoms. The Morgan fingerprint density at radius 2 is 1.45 bits per heavy atom. The molecule has 0 saturated carbocycles.